The van der Waals surface area contributed by atoms with Gasteiger partial charge in [-0.1, -0.05) is 43.2 Å². The van der Waals surface area contributed by atoms with Crippen LogP contribution in [0.3, 0.4) is 0 Å². The molecule has 5 aromatic rings. The molecule has 2 aliphatic heterocycles. The van der Waals surface area contributed by atoms with Crippen molar-refractivity contribution in [1.29, 1.82) is 0 Å². The molecule has 4 aromatic heterocycles. The molecule has 0 saturated carbocycles. The number of aryl methyl sites for hydroxylation is 2. The third-order valence-corrected chi connectivity index (χ3v) is 12.4. The number of ether oxygens (including phenoxy) is 2. The van der Waals surface area contributed by atoms with Crippen molar-refractivity contribution in [1.82, 2.24) is 30.4 Å². The third-order valence-electron chi connectivity index (χ3n) is 10.0. The van der Waals surface area contributed by atoms with E-state index in [1.165, 1.54) is 23.5 Å². The number of hydrogen-bond acceptors (Lipinski definition) is 15. The van der Waals surface area contributed by atoms with Crippen LogP contribution >= 0.6 is 23.5 Å². The molecule has 1 aromatic carbocycles. The predicted molar refractivity (Wildman–Crippen MR) is 226 cm³/mol. The smallest absolute Gasteiger partial charge is 0.426 e. The summed E-state index contributed by atoms with van der Waals surface area (Å²) in [5.74, 6) is -0.740. The Morgan fingerprint density at radius 2 is 1.34 bits per heavy atom. The van der Waals surface area contributed by atoms with Gasteiger partial charge in [-0.25, -0.2) is 14.8 Å². The first-order valence-corrected chi connectivity index (χ1v) is 22.3. The minimum absolute atomic E-state index is 0.0473. The summed E-state index contributed by atoms with van der Waals surface area (Å²) < 4.78 is 107. The average molecular weight is 939 g/mol. The van der Waals surface area contributed by atoms with Gasteiger partial charge in [0.15, 0.2) is 11.4 Å². The van der Waals surface area contributed by atoms with Crippen molar-refractivity contribution in [2.45, 2.75) is 132 Å². The van der Waals surface area contributed by atoms with Crippen molar-refractivity contribution in [2.24, 2.45) is 0 Å². The van der Waals surface area contributed by atoms with Crippen molar-refractivity contribution in [2.75, 3.05) is 22.6 Å². The van der Waals surface area contributed by atoms with Crippen LogP contribution in [-0.4, -0.2) is 71.0 Å². The van der Waals surface area contributed by atoms with Gasteiger partial charge in [0, 0.05) is 0 Å². The zero-order valence-electron chi connectivity index (χ0n) is 35.7. The van der Waals surface area contributed by atoms with E-state index in [-0.39, 0.29) is 60.4 Å². The van der Waals surface area contributed by atoms with Gasteiger partial charge < -0.3 is 29.1 Å². The second-order valence-corrected chi connectivity index (χ2v) is 18.4. The number of benzene rings is 1. The Morgan fingerprint density at radius 3 is 1.95 bits per heavy atom. The van der Waals surface area contributed by atoms with Crippen LogP contribution in [0.25, 0.3) is 23.2 Å². The zero-order chi connectivity index (χ0) is 46.5. The Hall–Kier alpha value is -4.93. The summed E-state index contributed by atoms with van der Waals surface area (Å²) in [4.78, 5) is 21.5. The van der Waals surface area contributed by atoms with Crippen molar-refractivity contribution in [3.63, 3.8) is 0 Å². The topological polar surface area (TPSA) is 197 Å². The number of hydrogen-bond donors (Lipinski definition) is 3. The Labute approximate surface area is 373 Å². The number of carbonyl (C=O) groups is 1. The predicted octanol–water partition coefficient (Wildman–Crippen LogP) is 10.9. The normalized spacial score (nSPS) is 19.8. The summed E-state index contributed by atoms with van der Waals surface area (Å²) in [6.45, 7) is 8.54. The lowest BCUT2D eigenvalue weighted by Crippen LogP contribution is -2.45. The van der Waals surface area contributed by atoms with E-state index in [1.54, 1.807) is 63.2 Å². The van der Waals surface area contributed by atoms with E-state index >= 15 is 0 Å². The Balaban J connectivity index is 0.000000234. The molecule has 22 heteroatoms. The van der Waals surface area contributed by atoms with Crippen molar-refractivity contribution in [3.8, 4) is 23.2 Å². The molecule has 4 N–H and O–H groups in total. The van der Waals surface area contributed by atoms with Gasteiger partial charge >= 0.3 is 18.4 Å². The maximum absolute atomic E-state index is 14.8. The van der Waals surface area contributed by atoms with Crippen LogP contribution in [0.5, 0.6) is 0 Å². The van der Waals surface area contributed by atoms with Crippen LogP contribution in [0, 0.1) is 13.8 Å². The number of fused-ring (bicyclic) bond motifs is 10. The van der Waals surface area contributed by atoms with Crippen LogP contribution in [0.4, 0.5) is 42.5 Å². The lowest BCUT2D eigenvalue weighted by atomic mass is 9.94. The number of aromatic nitrogens is 6. The van der Waals surface area contributed by atoms with Gasteiger partial charge in [0.05, 0.1) is 28.0 Å². The van der Waals surface area contributed by atoms with Gasteiger partial charge in [0.2, 0.25) is 11.2 Å². The minimum atomic E-state index is -4.93. The van der Waals surface area contributed by atoms with Gasteiger partial charge in [0.25, 0.3) is 23.6 Å². The number of aliphatic hydroxyl groups is 1. The molecule has 1 amide bonds. The molecule has 0 spiro atoms. The fourth-order valence-corrected chi connectivity index (χ4v) is 8.67. The van der Waals surface area contributed by atoms with Crippen LogP contribution < -0.4 is 11.1 Å². The molecule has 0 saturated heterocycles. The highest BCUT2D eigenvalue weighted by atomic mass is 32.2. The minimum Gasteiger partial charge on any atom is -0.444 e. The maximum Gasteiger partial charge on any atom is 0.426 e. The molecular formula is C42H48F6N8O6S2. The van der Waals surface area contributed by atoms with Crippen molar-refractivity contribution in [3.05, 3.63) is 70.9 Å². The number of pyridine rings is 2. The monoisotopic (exact) mass is 938 g/mol. The summed E-state index contributed by atoms with van der Waals surface area (Å²) >= 11 is 2.98. The third kappa shape index (κ3) is 11.3. The van der Waals surface area contributed by atoms with E-state index < -0.39 is 53.5 Å². The summed E-state index contributed by atoms with van der Waals surface area (Å²) in [7, 11) is 0. The molecule has 7 rings (SSSR count). The molecule has 64 heavy (non-hydrogen) atoms. The van der Waals surface area contributed by atoms with Gasteiger partial charge in [-0.05, 0) is 113 Å². The molecule has 2 aliphatic rings. The SMILES string of the molecule is Cc1cc(N)c2nc1SCCCCC[C@](O)(C(F)(F)F)c1nnc-2o1.Cc1cc(NC(=O)OC(C)(C)C)c2nc1SCCCCC[C@](OCc1ccccc1)(C(F)(F)F)c1nnc-2o1. The van der Waals surface area contributed by atoms with Crippen LogP contribution in [-0.2, 0) is 27.3 Å². The molecule has 8 bridgehead atoms. The quantitative estimate of drug-likeness (QED) is 0.144. The van der Waals surface area contributed by atoms with Gasteiger partial charge in [-0.2, -0.15) is 26.3 Å². The van der Waals surface area contributed by atoms with Crippen molar-refractivity contribution >= 4 is 41.0 Å². The van der Waals surface area contributed by atoms with E-state index in [4.69, 9.17) is 24.0 Å². The lowest BCUT2D eigenvalue weighted by molar-refractivity contribution is -0.300. The van der Waals surface area contributed by atoms with E-state index in [1.807, 2.05) is 13.8 Å². The first-order valence-electron chi connectivity index (χ1n) is 20.4. The first kappa shape index (κ1) is 48.5. The number of amides is 1. The largest absolute Gasteiger partial charge is 0.444 e. The fourth-order valence-electron chi connectivity index (χ4n) is 6.70. The number of halogens is 6. The molecule has 14 nitrogen and oxygen atoms in total. The first-order chi connectivity index (χ1) is 30.1. The van der Waals surface area contributed by atoms with E-state index in [2.05, 4.69) is 35.7 Å². The number of anilines is 2. The lowest BCUT2D eigenvalue weighted by Gasteiger charge is -2.32. The van der Waals surface area contributed by atoms with Crippen molar-refractivity contribution < 1.29 is 54.6 Å². The zero-order valence-corrected chi connectivity index (χ0v) is 37.3. The molecule has 6 heterocycles. The molecular weight excluding hydrogens is 891 g/mol. The highest BCUT2D eigenvalue weighted by Gasteiger charge is 2.61. The maximum atomic E-state index is 14.8. The molecule has 346 valence electrons. The standard InChI is InChI=1S/C27H31F3N4O4S.C15H17F3N4O2S/c1-17-15-19(31-24(35)38-25(2,3)4)20-21-33-34-23(37-21)26(27(28,29)30,36-16-18-11-7-5-8-12-18)13-9-6-10-14-39-22(17)32-20;1-8-7-9(19)10-11-21-22-13(24-11)14(23,15(16,17)18)5-3-2-4-6-25-12(8)20-10/h5,7-8,11-12,15H,6,9-10,13-14,16H2,1-4H3,(H,31,35);7,23H,2-6,19H2,1H3/t26-;14-/m11/s1. The van der Waals surface area contributed by atoms with E-state index in [0.717, 1.165) is 11.1 Å². The molecule has 0 radical (unpaired) electrons. The number of nitrogens with zero attached hydrogens (tertiary/aromatic N) is 6. The Bertz CT molecular complexity index is 2390. The molecule has 0 aliphatic carbocycles. The molecule has 0 fully saturated rings. The molecule has 2 atom stereocenters. The van der Waals surface area contributed by atoms with Crippen LogP contribution in [0.2, 0.25) is 0 Å². The van der Waals surface area contributed by atoms with Gasteiger partial charge in [-0.3, -0.25) is 5.32 Å². The summed E-state index contributed by atoms with van der Waals surface area (Å²) in [5, 5.41) is 29.0. The number of nitrogen functional groups attached to an aromatic ring is 1. The number of nitrogens with two attached hydrogens (primary N) is 1. The number of alkyl halides is 6. The second-order valence-electron chi connectivity index (χ2n) is 16.3. The number of nitrogens with one attached hydrogen (secondary N) is 1. The highest BCUT2D eigenvalue weighted by molar-refractivity contribution is 7.99. The average Bonchev–Trinajstić information content (AvgIpc) is 3.90. The number of rotatable bonds is 4. The number of carbonyl (C=O) groups excluding carboxylic acids is 1. The van der Waals surface area contributed by atoms with Gasteiger partial charge in [-0.15, -0.1) is 43.9 Å². The van der Waals surface area contributed by atoms with Crippen LogP contribution in [0.15, 0.2) is 61.4 Å². The van der Waals surface area contributed by atoms with E-state index in [9.17, 15) is 36.2 Å². The number of thioether (sulfide) groups is 2. The highest BCUT2D eigenvalue weighted by Crippen LogP contribution is 2.48. The Morgan fingerprint density at radius 1 is 0.781 bits per heavy atom. The Kier molecular flexibility index (Phi) is 14.9. The molecule has 0 unspecified atom stereocenters. The summed E-state index contributed by atoms with van der Waals surface area (Å²) in [6.07, 6.45) is -8.56. The summed E-state index contributed by atoms with van der Waals surface area (Å²) in [5.41, 5.74) is 1.95. The van der Waals surface area contributed by atoms with Gasteiger partial charge in [0.1, 0.15) is 5.60 Å². The summed E-state index contributed by atoms with van der Waals surface area (Å²) in [6, 6.07) is 11.9. The van der Waals surface area contributed by atoms with E-state index in [0.29, 0.717) is 52.8 Å². The van der Waals surface area contributed by atoms with Crippen LogP contribution in [0.1, 0.15) is 101 Å². The second kappa shape index (κ2) is 19.7. The fraction of sp³-hybridized carbons (Fsp3) is 0.500.